The van der Waals surface area contributed by atoms with E-state index >= 15 is 0 Å². The molecule has 140 valence electrons. The number of thiocarbonyl (C=S) groups is 1. The van der Waals surface area contributed by atoms with Gasteiger partial charge in [0.2, 0.25) is 11.8 Å². The lowest BCUT2D eigenvalue weighted by molar-refractivity contribution is -0.126. The van der Waals surface area contributed by atoms with Crippen LogP contribution in [0.25, 0.3) is 22.6 Å². The van der Waals surface area contributed by atoms with Gasteiger partial charge in [-0.3, -0.25) is 4.79 Å². The number of nitrogens with one attached hydrogen (secondary N) is 2. The Balaban J connectivity index is 1.82. The number of anilines is 1. The van der Waals surface area contributed by atoms with Crippen LogP contribution < -0.4 is 10.6 Å². The first-order valence-corrected chi connectivity index (χ1v) is 9.15. The summed E-state index contributed by atoms with van der Waals surface area (Å²) in [6.45, 7) is 9.60. The van der Waals surface area contributed by atoms with E-state index in [1.165, 1.54) is 5.56 Å². The van der Waals surface area contributed by atoms with E-state index in [2.05, 4.69) is 28.6 Å². The maximum absolute atomic E-state index is 12.0. The van der Waals surface area contributed by atoms with E-state index in [-0.39, 0.29) is 11.0 Å². The molecule has 0 fully saturated rings. The molecule has 0 saturated carbocycles. The number of carbonyl (C=O) groups is 1. The number of benzene rings is 2. The molecule has 1 aromatic heterocycles. The minimum absolute atomic E-state index is 0.139. The second-order valence-electron chi connectivity index (χ2n) is 7.68. The normalized spacial score (nSPS) is 11.4. The minimum Gasteiger partial charge on any atom is -0.436 e. The van der Waals surface area contributed by atoms with E-state index in [9.17, 15) is 4.79 Å². The summed E-state index contributed by atoms with van der Waals surface area (Å²) in [7, 11) is 0. The Kier molecular flexibility index (Phi) is 5.02. The van der Waals surface area contributed by atoms with Crippen molar-refractivity contribution in [3.8, 4) is 11.5 Å². The summed E-state index contributed by atoms with van der Waals surface area (Å²) >= 11 is 5.23. The zero-order valence-corrected chi connectivity index (χ0v) is 17.0. The van der Waals surface area contributed by atoms with Gasteiger partial charge < -0.3 is 15.1 Å². The number of carbonyl (C=O) groups excluding carboxylic acids is 1. The van der Waals surface area contributed by atoms with E-state index in [4.69, 9.17) is 16.6 Å². The Hall–Kier alpha value is -2.73. The lowest BCUT2D eigenvalue weighted by atomic mass is 9.96. The average molecular weight is 382 g/mol. The van der Waals surface area contributed by atoms with Gasteiger partial charge in [0.1, 0.15) is 5.52 Å². The van der Waals surface area contributed by atoms with Crippen LogP contribution in [0, 0.1) is 19.3 Å². The lowest BCUT2D eigenvalue weighted by Crippen LogP contribution is -2.41. The number of hydrogen-bond donors (Lipinski definition) is 2. The third-order valence-corrected chi connectivity index (χ3v) is 4.37. The maximum Gasteiger partial charge on any atom is 0.231 e. The summed E-state index contributed by atoms with van der Waals surface area (Å²) < 4.78 is 5.90. The third kappa shape index (κ3) is 4.34. The largest absolute Gasteiger partial charge is 0.436 e. The first-order chi connectivity index (χ1) is 12.6. The van der Waals surface area contributed by atoms with Gasteiger partial charge in [-0.15, -0.1) is 0 Å². The number of nitrogens with zero attached hydrogens (tertiary/aromatic N) is 1. The average Bonchev–Trinajstić information content (AvgIpc) is 2.96. The molecule has 2 N–H and O–H groups in total. The molecule has 0 spiro atoms. The highest BCUT2D eigenvalue weighted by Crippen LogP contribution is 2.28. The zero-order valence-electron chi connectivity index (χ0n) is 16.1. The fraction of sp³-hybridized carbons (Fsp3) is 0.286. The van der Waals surface area contributed by atoms with E-state index in [1.807, 2.05) is 58.0 Å². The molecule has 3 rings (SSSR count). The van der Waals surface area contributed by atoms with Crippen molar-refractivity contribution in [1.29, 1.82) is 0 Å². The van der Waals surface area contributed by atoms with Crippen LogP contribution in [-0.4, -0.2) is 16.0 Å². The van der Waals surface area contributed by atoms with Crippen LogP contribution in [0.4, 0.5) is 5.69 Å². The SMILES string of the molecule is Cc1ccc(-c2nc3cc(NC(=S)NC(=O)C(C)(C)C)ccc3o2)c(C)c1. The Labute approximate surface area is 164 Å². The first kappa shape index (κ1) is 19.0. The second-order valence-corrected chi connectivity index (χ2v) is 8.09. The predicted octanol–water partition coefficient (Wildman–Crippen LogP) is 4.97. The van der Waals surface area contributed by atoms with Crippen molar-refractivity contribution < 1.29 is 9.21 Å². The van der Waals surface area contributed by atoms with Gasteiger partial charge in [-0.25, -0.2) is 4.98 Å². The van der Waals surface area contributed by atoms with Gasteiger partial charge in [0.15, 0.2) is 10.7 Å². The van der Waals surface area contributed by atoms with Gasteiger partial charge in [-0.1, -0.05) is 38.5 Å². The first-order valence-electron chi connectivity index (χ1n) is 8.74. The molecule has 1 amide bonds. The fourth-order valence-corrected chi connectivity index (χ4v) is 2.84. The van der Waals surface area contributed by atoms with Crippen molar-refractivity contribution in [1.82, 2.24) is 10.3 Å². The van der Waals surface area contributed by atoms with Crippen molar-refractivity contribution in [3.05, 3.63) is 47.5 Å². The maximum atomic E-state index is 12.0. The highest BCUT2D eigenvalue weighted by atomic mass is 32.1. The van der Waals surface area contributed by atoms with Crippen LogP contribution in [0.3, 0.4) is 0 Å². The van der Waals surface area contributed by atoms with Crippen LogP contribution in [0.2, 0.25) is 0 Å². The number of aryl methyl sites for hydroxylation is 2. The highest BCUT2D eigenvalue weighted by Gasteiger charge is 2.22. The van der Waals surface area contributed by atoms with Gasteiger partial charge in [-0.05, 0) is 55.9 Å². The van der Waals surface area contributed by atoms with Crippen molar-refractivity contribution in [2.75, 3.05) is 5.32 Å². The van der Waals surface area contributed by atoms with E-state index in [0.717, 1.165) is 22.3 Å². The summed E-state index contributed by atoms with van der Waals surface area (Å²) in [4.78, 5) is 16.6. The van der Waals surface area contributed by atoms with Gasteiger partial charge >= 0.3 is 0 Å². The molecule has 1 heterocycles. The number of aromatic nitrogens is 1. The molecule has 2 aromatic carbocycles. The molecule has 3 aromatic rings. The molecular weight excluding hydrogens is 358 g/mol. The molecule has 0 radical (unpaired) electrons. The summed E-state index contributed by atoms with van der Waals surface area (Å²) in [6.07, 6.45) is 0. The molecule has 0 unspecified atom stereocenters. The Morgan fingerprint density at radius 1 is 1.11 bits per heavy atom. The highest BCUT2D eigenvalue weighted by molar-refractivity contribution is 7.80. The van der Waals surface area contributed by atoms with Crippen LogP contribution in [0.1, 0.15) is 31.9 Å². The summed E-state index contributed by atoms with van der Waals surface area (Å²) in [5.41, 5.74) is 4.93. The fourth-order valence-electron chi connectivity index (χ4n) is 2.63. The van der Waals surface area contributed by atoms with Gasteiger partial charge in [0.05, 0.1) is 0 Å². The molecule has 0 aliphatic rings. The molecule has 0 aliphatic carbocycles. The zero-order chi connectivity index (χ0) is 19.8. The Morgan fingerprint density at radius 3 is 2.52 bits per heavy atom. The third-order valence-electron chi connectivity index (χ3n) is 4.17. The molecular formula is C21H23N3O2S. The van der Waals surface area contributed by atoms with E-state index in [0.29, 0.717) is 11.5 Å². The van der Waals surface area contributed by atoms with Crippen LogP contribution >= 0.6 is 12.2 Å². The van der Waals surface area contributed by atoms with Gasteiger partial charge in [0.25, 0.3) is 0 Å². The molecule has 6 heteroatoms. The second kappa shape index (κ2) is 7.12. The molecule has 0 bridgehead atoms. The Morgan fingerprint density at radius 2 is 1.85 bits per heavy atom. The summed E-state index contributed by atoms with van der Waals surface area (Å²) in [5.74, 6) is 0.447. The molecule has 0 atom stereocenters. The van der Waals surface area contributed by atoms with Crippen molar-refractivity contribution in [3.63, 3.8) is 0 Å². The summed E-state index contributed by atoms with van der Waals surface area (Å²) in [5, 5.41) is 5.98. The predicted molar refractivity (Wildman–Crippen MR) is 113 cm³/mol. The van der Waals surface area contributed by atoms with Crippen LogP contribution in [0.15, 0.2) is 40.8 Å². The van der Waals surface area contributed by atoms with Crippen molar-refractivity contribution >= 4 is 40.0 Å². The number of amides is 1. The quantitative estimate of drug-likeness (QED) is 0.614. The number of fused-ring (bicyclic) bond motifs is 1. The van der Waals surface area contributed by atoms with Crippen LogP contribution in [0.5, 0.6) is 0 Å². The topological polar surface area (TPSA) is 67.2 Å². The number of hydrogen-bond acceptors (Lipinski definition) is 4. The van der Waals surface area contributed by atoms with E-state index in [1.54, 1.807) is 0 Å². The van der Waals surface area contributed by atoms with Crippen molar-refractivity contribution in [2.45, 2.75) is 34.6 Å². The molecule has 0 aliphatic heterocycles. The van der Waals surface area contributed by atoms with Gasteiger partial charge in [0, 0.05) is 16.7 Å². The van der Waals surface area contributed by atoms with Gasteiger partial charge in [-0.2, -0.15) is 0 Å². The smallest absolute Gasteiger partial charge is 0.231 e. The van der Waals surface area contributed by atoms with Crippen LogP contribution in [-0.2, 0) is 4.79 Å². The number of oxazole rings is 1. The molecule has 5 nitrogen and oxygen atoms in total. The monoisotopic (exact) mass is 381 g/mol. The molecule has 0 saturated heterocycles. The number of rotatable bonds is 2. The Bertz CT molecular complexity index is 1030. The minimum atomic E-state index is -0.511. The summed E-state index contributed by atoms with van der Waals surface area (Å²) in [6, 6.07) is 11.7. The molecule has 27 heavy (non-hydrogen) atoms. The standard InChI is InChI=1S/C21H23N3O2S/c1-12-6-8-15(13(2)10-12)18-23-16-11-14(7-9-17(16)26-18)22-20(27)24-19(25)21(3,4)5/h6-11H,1-5H3,(H2,22,24,25,27). The van der Waals surface area contributed by atoms with E-state index < -0.39 is 5.41 Å². The van der Waals surface area contributed by atoms with Crippen molar-refractivity contribution in [2.24, 2.45) is 5.41 Å². The lowest BCUT2D eigenvalue weighted by Gasteiger charge is -2.18.